The number of anilines is 1. The summed E-state index contributed by atoms with van der Waals surface area (Å²) in [5.41, 5.74) is 8.81. The van der Waals surface area contributed by atoms with Crippen LogP contribution in [0.5, 0.6) is 5.75 Å². The molecule has 2 aromatic heterocycles. The van der Waals surface area contributed by atoms with Crippen LogP contribution in [-0.4, -0.2) is 24.2 Å². The Balaban J connectivity index is 1.86. The number of halogens is 1. The quantitative estimate of drug-likeness (QED) is 0.261. The van der Waals surface area contributed by atoms with Crippen molar-refractivity contribution in [1.29, 1.82) is 0 Å². The Labute approximate surface area is 221 Å². The monoisotopic (exact) mass is 523 g/mol. The second kappa shape index (κ2) is 8.71. The topological polar surface area (TPSA) is 116 Å². The van der Waals surface area contributed by atoms with E-state index in [1.54, 1.807) is 30.3 Å². The largest absolute Gasteiger partial charge is 0.507 e. The van der Waals surface area contributed by atoms with Crippen LogP contribution in [0, 0.1) is 0 Å². The van der Waals surface area contributed by atoms with Crippen LogP contribution in [0.2, 0.25) is 5.02 Å². The van der Waals surface area contributed by atoms with E-state index in [1.165, 1.54) is 18.7 Å². The van der Waals surface area contributed by atoms with E-state index in [4.69, 9.17) is 27.3 Å². The number of aromatic nitrogens is 4. The van der Waals surface area contributed by atoms with Gasteiger partial charge < -0.3 is 10.8 Å². The van der Waals surface area contributed by atoms with Crippen LogP contribution in [0.4, 0.5) is 5.82 Å². The van der Waals surface area contributed by atoms with E-state index in [2.05, 4.69) is 0 Å². The van der Waals surface area contributed by atoms with Crippen molar-refractivity contribution >= 4 is 50.3 Å². The molecule has 0 saturated heterocycles. The van der Waals surface area contributed by atoms with Crippen LogP contribution in [0.25, 0.3) is 32.8 Å². The molecule has 0 amide bonds. The fourth-order valence-corrected chi connectivity index (χ4v) is 5.22. The molecule has 8 nitrogen and oxygen atoms in total. The minimum absolute atomic E-state index is 0.00694. The average Bonchev–Trinajstić information content (AvgIpc) is 2.94. The zero-order valence-electron chi connectivity index (χ0n) is 20.5. The predicted octanol–water partition coefficient (Wildman–Crippen LogP) is 4.46. The van der Waals surface area contributed by atoms with Gasteiger partial charge in [0.25, 0.3) is 5.56 Å². The fraction of sp³-hybridized carbons (Fsp3) is 0.103. The predicted molar refractivity (Wildman–Crippen MR) is 150 cm³/mol. The standard InChI is InChI=1S/C29H22ClN5O3/c1-34-27(31)23(28(37)35(2)29(34)38)21(15-11-13-16(30)14-12-15)22-25-24(17-7-3-4-8-18(17)26(22)36)32-19-9-5-6-10-20(19)33-25/h3-14,21,36H,31H2,1-2H3. The molecular formula is C29H22ClN5O3. The number of aromatic hydroxyl groups is 1. The Hall–Kier alpha value is -4.69. The second-order valence-corrected chi connectivity index (χ2v) is 9.64. The Morgan fingerprint density at radius 2 is 1.37 bits per heavy atom. The zero-order chi connectivity index (χ0) is 26.7. The van der Waals surface area contributed by atoms with Crippen LogP contribution in [0.15, 0.2) is 82.4 Å². The maximum Gasteiger partial charge on any atom is 0.332 e. The Morgan fingerprint density at radius 3 is 2.03 bits per heavy atom. The molecule has 9 heteroatoms. The van der Waals surface area contributed by atoms with Gasteiger partial charge >= 0.3 is 5.69 Å². The third-order valence-electron chi connectivity index (χ3n) is 7.04. The van der Waals surface area contributed by atoms with Gasteiger partial charge in [0.2, 0.25) is 0 Å². The Kier molecular flexibility index (Phi) is 5.43. The molecule has 1 unspecified atom stereocenters. The number of hydrogen-bond donors (Lipinski definition) is 2. The van der Waals surface area contributed by atoms with Crippen molar-refractivity contribution in [2.75, 3.05) is 5.73 Å². The molecule has 2 heterocycles. The molecule has 0 fully saturated rings. The van der Waals surface area contributed by atoms with Gasteiger partial charge in [-0.3, -0.25) is 13.9 Å². The van der Waals surface area contributed by atoms with E-state index in [0.29, 0.717) is 43.6 Å². The highest BCUT2D eigenvalue weighted by Gasteiger charge is 2.31. The van der Waals surface area contributed by atoms with E-state index in [9.17, 15) is 14.7 Å². The van der Waals surface area contributed by atoms with Crippen molar-refractivity contribution in [2.24, 2.45) is 14.1 Å². The van der Waals surface area contributed by atoms with Gasteiger partial charge in [-0.05, 0) is 29.8 Å². The molecule has 0 spiro atoms. The lowest BCUT2D eigenvalue weighted by molar-refractivity contribution is 0.474. The molecule has 0 aliphatic rings. The highest BCUT2D eigenvalue weighted by Crippen LogP contribution is 2.45. The maximum absolute atomic E-state index is 13.7. The van der Waals surface area contributed by atoms with Gasteiger partial charge in [-0.15, -0.1) is 0 Å². The van der Waals surface area contributed by atoms with Gasteiger partial charge in [0.1, 0.15) is 11.6 Å². The summed E-state index contributed by atoms with van der Waals surface area (Å²) in [7, 11) is 2.91. The number of phenolic OH excluding ortho intramolecular Hbond substituents is 1. The first kappa shape index (κ1) is 23.7. The summed E-state index contributed by atoms with van der Waals surface area (Å²) < 4.78 is 2.23. The second-order valence-electron chi connectivity index (χ2n) is 9.21. The van der Waals surface area contributed by atoms with E-state index >= 15 is 0 Å². The van der Waals surface area contributed by atoms with Crippen LogP contribution in [0.1, 0.15) is 22.6 Å². The number of rotatable bonds is 3. The van der Waals surface area contributed by atoms with Gasteiger partial charge in [-0.2, -0.15) is 0 Å². The summed E-state index contributed by atoms with van der Waals surface area (Å²) >= 11 is 6.20. The summed E-state index contributed by atoms with van der Waals surface area (Å²) in [5, 5.41) is 13.6. The third kappa shape index (κ3) is 3.45. The van der Waals surface area contributed by atoms with Crippen LogP contribution in [-0.2, 0) is 14.1 Å². The average molecular weight is 524 g/mol. The van der Waals surface area contributed by atoms with E-state index in [1.807, 2.05) is 42.5 Å². The summed E-state index contributed by atoms with van der Waals surface area (Å²) in [6, 6.07) is 21.8. The summed E-state index contributed by atoms with van der Waals surface area (Å²) in [4.78, 5) is 36.2. The molecule has 188 valence electrons. The number of nitrogens with zero attached hydrogens (tertiary/aromatic N) is 4. The number of fused-ring (bicyclic) bond motifs is 4. The van der Waals surface area contributed by atoms with Crippen LogP contribution < -0.4 is 17.0 Å². The van der Waals surface area contributed by atoms with E-state index in [0.717, 1.165) is 9.95 Å². The molecule has 0 saturated carbocycles. The van der Waals surface area contributed by atoms with Gasteiger partial charge in [-0.1, -0.05) is 60.1 Å². The number of phenols is 1. The normalized spacial score (nSPS) is 12.4. The molecular weight excluding hydrogens is 502 g/mol. The Bertz CT molecular complexity index is 2030. The van der Waals surface area contributed by atoms with Crippen molar-refractivity contribution in [1.82, 2.24) is 19.1 Å². The Morgan fingerprint density at radius 1 is 0.789 bits per heavy atom. The van der Waals surface area contributed by atoms with Crippen molar-refractivity contribution in [3.05, 3.63) is 115 Å². The SMILES string of the molecule is Cn1c(N)c(C(c2ccc(Cl)cc2)c2c(O)c3ccccc3c3nc4ccccc4nc23)c(=O)n(C)c1=O. The molecule has 0 radical (unpaired) electrons. The molecule has 3 N–H and O–H groups in total. The molecule has 4 aromatic carbocycles. The molecule has 1 atom stereocenters. The molecule has 0 bridgehead atoms. The highest BCUT2D eigenvalue weighted by molar-refractivity contribution is 6.30. The summed E-state index contributed by atoms with van der Waals surface area (Å²) in [6.45, 7) is 0. The van der Waals surface area contributed by atoms with Crippen molar-refractivity contribution < 1.29 is 5.11 Å². The highest BCUT2D eigenvalue weighted by atomic mass is 35.5. The lowest BCUT2D eigenvalue weighted by Crippen LogP contribution is -2.41. The van der Waals surface area contributed by atoms with Crippen molar-refractivity contribution in [3.8, 4) is 5.75 Å². The summed E-state index contributed by atoms with van der Waals surface area (Å²) in [6.07, 6.45) is 0. The smallest absolute Gasteiger partial charge is 0.332 e. The lowest BCUT2D eigenvalue weighted by Gasteiger charge is -2.24. The van der Waals surface area contributed by atoms with Crippen LogP contribution in [0.3, 0.4) is 0 Å². The minimum Gasteiger partial charge on any atom is -0.507 e. The first-order chi connectivity index (χ1) is 18.3. The fourth-order valence-electron chi connectivity index (χ4n) is 5.09. The number of nitrogen functional groups attached to an aromatic ring is 1. The van der Waals surface area contributed by atoms with Gasteiger partial charge in [0.15, 0.2) is 0 Å². The minimum atomic E-state index is -0.889. The molecule has 0 aliphatic carbocycles. The molecule has 38 heavy (non-hydrogen) atoms. The third-order valence-corrected chi connectivity index (χ3v) is 7.30. The van der Waals surface area contributed by atoms with E-state index < -0.39 is 17.2 Å². The molecule has 6 rings (SSSR count). The number of hydrogen-bond acceptors (Lipinski definition) is 6. The summed E-state index contributed by atoms with van der Waals surface area (Å²) in [5.74, 6) is -0.944. The van der Waals surface area contributed by atoms with Gasteiger partial charge in [0.05, 0.1) is 27.6 Å². The number of nitrogens with two attached hydrogens (primary N) is 1. The lowest BCUT2D eigenvalue weighted by atomic mass is 9.83. The number of para-hydroxylation sites is 2. The molecule has 6 aromatic rings. The van der Waals surface area contributed by atoms with Crippen LogP contribution >= 0.6 is 11.6 Å². The van der Waals surface area contributed by atoms with E-state index in [-0.39, 0.29) is 17.1 Å². The van der Waals surface area contributed by atoms with Gasteiger partial charge in [0, 0.05) is 41.4 Å². The first-order valence-corrected chi connectivity index (χ1v) is 12.3. The first-order valence-electron chi connectivity index (χ1n) is 11.9. The zero-order valence-corrected chi connectivity index (χ0v) is 21.3. The maximum atomic E-state index is 13.7. The molecule has 0 aliphatic heterocycles. The van der Waals surface area contributed by atoms with Crippen molar-refractivity contribution in [3.63, 3.8) is 0 Å². The van der Waals surface area contributed by atoms with Gasteiger partial charge in [-0.25, -0.2) is 14.8 Å². The van der Waals surface area contributed by atoms with Crippen molar-refractivity contribution in [2.45, 2.75) is 5.92 Å². The number of benzene rings is 4.